The number of aryl methyl sites for hydroxylation is 1. The number of halogens is 1. The lowest BCUT2D eigenvalue weighted by Crippen LogP contribution is -1.89. The van der Waals surface area contributed by atoms with Crippen LogP contribution in [0.4, 0.5) is 0 Å². The minimum absolute atomic E-state index is 0.979. The van der Waals surface area contributed by atoms with Gasteiger partial charge in [0.05, 0.1) is 5.69 Å². The molecule has 0 spiro atoms. The Labute approximate surface area is 91.2 Å². The summed E-state index contributed by atoms with van der Waals surface area (Å²) in [7, 11) is 0. The Morgan fingerprint density at radius 1 is 1.21 bits per heavy atom. The average Bonchev–Trinajstić information content (AvgIpc) is 2.20. The topological polar surface area (TPSA) is 25.8 Å². The van der Waals surface area contributed by atoms with Gasteiger partial charge < -0.3 is 0 Å². The second kappa shape index (κ2) is 3.88. The van der Waals surface area contributed by atoms with Crippen molar-refractivity contribution in [2.45, 2.75) is 6.92 Å². The van der Waals surface area contributed by atoms with Crippen LogP contribution in [0.1, 0.15) is 5.56 Å². The third-order valence-electron chi connectivity index (χ3n) is 2.02. The first-order valence-corrected chi connectivity index (χ1v) is 5.10. The van der Waals surface area contributed by atoms with E-state index < -0.39 is 0 Å². The van der Waals surface area contributed by atoms with E-state index in [0.717, 1.165) is 21.3 Å². The zero-order valence-electron chi connectivity index (χ0n) is 7.74. The molecule has 0 saturated heterocycles. The number of benzene rings is 1. The molecule has 14 heavy (non-hydrogen) atoms. The summed E-state index contributed by atoms with van der Waals surface area (Å²) in [5, 5.41) is 0. The van der Waals surface area contributed by atoms with Crippen LogP contribution in [-0.4, -0.2) is 9.97 Å². The van der Waals surface area contributed by atoms with Crippen molar-refractivity contribution in [1.82, 2.24) is 9.97 Å². The Bertz CT molecular complexity index is 411. The van der Waals surface area contributed by atoms with Gasteiger partial charge in [0.1, 0.15) is 6.33 Å². The summed E-state index contributed by atoms with van der Waals surface area (Å²) in [6.07, 6.45) is 3.39. The molecule has 2 rings (SSSR count). The van der Waals surface area contributed by atoms with Crippen LogP contribution in [0.2, 0.25) is 0 Å². The van der Waals surface area contributed by atoms with Gasteiger partial charge in [-0.3, -0.25) is 0 Å². The Hall–Kier alpha value is -1.22. The van der Waals surface area contributed by atoms with Crippen LogP contribution in [0.15, 0.2) is 41.3 Å². The van der Waals surface area contributed by atoms with Gasteiger partial charge in [-0.05, 0) is 18.6 Å². The summed E-state index contributed by atoms with van der Waals surface area (Å²) in [4.78, 5) is 8.24. The van der Waals surface area contributed by atoms with Crippen molar-refractivity contribution in [3.05, 3.63) is 46.8 Å². The Balaban J connectivity index is 2.61. The second-order valence-corrected chi connectivity index (χ2v) is 3.89. The van der Waals surface area contributed by atoms with E-state index in [4.69, 9.17) is 0 Å². The largest absolute Gasteiger partial charge is 0.245 e. The first-order chi connectivity index (χ1) is 6.79. The molecule has 0 aliphatic heterocycles. The highest BCUT2D eigenvalue weighted by molar-refractivity contribution is 9.10. The molecule has 0 aliphatic carbocycles. The maximum Gasteiger partial charge on any atom is 0.116 e. The molecule has 3 heteroatoms. The van der Waals surface area contributed by atoms with Crippen molar-refractivity contribution in [3.8, 4) is 11.3 Å². The first kappa shape index (κ1) is 9.34. The van der Waals surface area contributed by atoms with Gasteiger partial charge in [0.15, 0.2) is 0 Å². The van der Waals surface area contributed by atoms with Gasteiger partial charge in [0, 0.05) is 16.2 Å². The average molecular weight is 249 g/mol. The second-order valence-electron chi connectivity index (χ2n) is 3.03. The molecule has 2 nitrogen and oxygen atoms in total. The summed E-state index contributed by atoms with van der Waals surface area (Å²) >= 11 is 3.51. The molecule has 1 aromatic heterocycles. The molecule has 0 bridgehead atoms. The van der Waals surface area contributed by atoms with Crippen LogP contribution in [-0.2, 0) is 0 Å². The zero-order chi connectivity index (χ0) is 9.97. The first-order valence-electron chi connectivity index (χ1n) is 4.30. The predicted octanol–water partition coefficient (Wildman–Crippen LogP) is 3.21. The molecule has 0 amide bonds. The molecule has 2 aromatic rings. The highest BCUT2D eigenvalue weighted by Gasteiger charge is 2.05. The molecule has 0 unspecified atom stereocenters. The monoisotopic (exact) mass is 248 g/mol. The molecule has 70 valence electrons. The molecule has 0 aliphatic rings. The molecular weight excluding hydrogens is 240 g/mol. The standard InChI is InChI=1S/C11H9BrN2/c1-8-6-13-7-14-11(8)9-4-2-3-5-10(9)12/h2-7H,1H3. The number of nitrogens with zero attached hydrogens (tertiary/aromatic N) is 2. The molecule has 1 aromatic carbocycles. The summed E-state index contributed by atoms with van der Waals surface area (Å²) in [6.45, 7) is 2.01. The van der Waals surface area contributed by atoms with Gasteiger partial charge in [-0.15, -0.1) is 0 Å². The van der Waals surface area contributed by atoms with Crippen molar-refractivity contribution in [3.63, 3.8) is 0 Å². The molecule has 0 atom stereocenters. The van der Waals surface area contributed by atoms with Gasteiger partial charge in [-0.1, -0.05) is 34.1 Å². The summed E-state index contributed by atoms with van der Waals surface area (Å²) in [5.41, 5.74) is 3.17. The lowest BCUT2D eigenvalue weighted by atomic mass is 10.1. The minimum Gasteiger partial charge on any atom is -0.245 e. The molecule has 0 N–H and O–H groups in total. The summed E-state index contributed by atoms with van der Waals surface area (Å²) in [5.74, 6) is 0. The summed E-state index contributed by atoms with van der Waals surface area (Å²) in [6, 6.07) is 8.04. The van der Waals surface area contributed by atoms with E-state index in [2.05, 4.69) is 25.9 Å². The van der Waals surface area contributed by atoms with Gasteiger partial charge in [-0.2, -0.15) is 0 Å². The van der Waals surface area contributed by atoms with Crippen molar-refractivity contribution >= 4 is 15.9 Å². The number of hydrogen-bond acceptors (Lipinski definition) is 2. The van der Waals surface area contributed by atoms with Crippen LogP contribution < -0.4 is 0 Å². The maximum absolute atomic E-state index is 4.27. The van der Waals surface area contributed by atoms with Crippen molar-refractivity contribution < 1.29 is 0 Å². The SMILES string of the molecule is Cc1cncnc1-c1ccccc1Br. The number of aromatic nitrogens is 2. The van der Waals surface area contributed by atoms with E-state index in [1.165, 1.54) is 0 Å². The molecule has 0 fully saturated rings. The maximum atomic E-state index is 4.27. The van der Waals surface area contributed by atoms with E-state index in [9.17, 15) is 0 Å². The van der Waals surface area contributed by atoms with Crippen LogP contribution in [0.25, 0.3) is 11.3 Å². The van der Waals surface area contributed by atoms with Gasteiger partial charge in [0.25, 0.3) is 0 Å². The van der Waals surface area contributed by atoms with E-state index in [0.29, 0.717) is 0 Å². The smallest absolute Gasteiger partial charge is 0.116 e. The third-order valence-corrected chi connectivity index (χ3v) is 2.72. The molecule has 0 radical (unpaired) electrons. The fraction of sp³-hybridized carbons (Fsp3) is 0.0909. The highest BCUT2D eigenvalue weighted by Crippen LogP contribution is 2.27. The predicted molar refractivity (Wildman–Crippen MR) is 59.9 cm³/mol. The summed E-state index contributed by atoms with van der Waals surface area (Å²) < 4.78 is 1.06. The van der Waals surface area contributed by atoms with Gasteiger partial charge in [0.2, 0.25) is 0 Å². The third kappa shape index (κ3) is 1.68. The number of rotatable bonds is 1. The molecule has 1 heterocycles. The van der Waals surface area contributed by atoms with Crippen LogP contribution in [0.3, 0.4) is 0 Å². The van der Waals surface area contributed by atoms with E-state index in [-0.39, 0.29) is 0 Å². The van der Waals surface area contributed by atoms with Crippen LogP contribution in [0.5, 0.6) is 0 Å². The Morgan fingerprint density at radius 2 is 2.00 bits per heavy atom. The van der Waals surface area contributed by atoms with Crippen molar-refractivity contribution in [1.29, 1.82) is 0 Å². The Kier molecular flexibility index (Phi) is 2.59. The van der Waals surface area contributed by atoms with Crippen molar-refractivity contribution in [2.24, 2.45) is 0 Å². The minimum atomic E-state index is 0.979. The number of hydrogen-bond donors (Lipinski definition) is 0. The lowest BCUT2D eigenvalue weighted by molar-refractivity contribution is 1.13. The van der Waals surface area contributed by atoms with Gasteiger partial charge >= 0.3 is 0 Å². The van der Waals surface area contributed by atoms with Crippen molar-refractivity contribution in [2.75, 3.05) is 0 Å². The normalized spacial score (nSPS) is 10.1. The fourth-order valence-electron chi connectivity index (χ4n) is 1.33. The van der Waals surface area contributed by atoms with Gasteiger partial charge in [-0.25, -0.2) is 9.97 Å². The van der Waals surface area contributed by atoms with E-state index >= 15 is 0 Å². The van der Waals surface area contributed by atoms with Crippen LogP contribution in [0, 0.1) is 6.92 Å². The van der Waals surface area contributed by atoms with Crippen LogP contribution >= 0.6 is 15.9 Å². The highest BCUT2D eigenvalue weighted by atomic mass is 79.9. The molecule has 0 saturated carbocycles. The quantitative estimate of drug-likeness (QED) is 0.775. The Morgan fingerprint density at radius 3 is 2.71 bits per heavy atom. The lowest BCUT2D eigenvalue weighted by Gasteiger charge is -2.05. The fourth-order valence-corrected chi connectivity index (χ4v) is 1.81. The van der Waals surface area contributed by atoms with E-state index in [1.807, 2.05) is 37.4 Å². The molecular formula is C11H9BrN2. The zero-order valence-corrected chi connectivity index (χ0v) is 9.32. The van der Waals surface area contributed by atoms with E-state index in [1.54, 1.807) is 6.33 Å².